The highest BCUT2D eigenvalue weighted by atomic mass is 35.5. The highest BCUT2D eigenvalue weighted by Crippen LogP contribution is 2.41. The summed E-state index contributed by atoms with van der Waals surface area (Å²) in [5.41, 5.74) is 0.963. The van der Waals surface area contributed by atoms with E-state index in [2.05, 4.69) is 0 Å². The fourth-order valence-corrected chi connectivity index (χ4v) is 4.10. The fraction of sp³-hybridized carbons (Fsp3) is 0.500. The minimum absolute atomic E-state index is 0.0587. The van der Waals surface area contributed by atoms with Crippen LogP contribution in [0.3, 0.4) is 0 Å². The van der Waals surface area contributed by atoms with Gasteiger partial charge in [0.1, 0.15) is 5.37 Å². The molecular formula is C16H21ClN2O2S. The van der Waals surface area contributed by atoms with Gasteiger partial charge in [0.2, 0.25) is 11.8 Å². The molecule has 1 aliphatic rings. The molecule has 2 rings (SSSR count). The van der Waals surface area contributed by atoms with E-state index in [9.17, 15) is 9.59 Å². The molecule has 0 bridgehead atoms. The van der Waals surface area contributed by atoms with E-state index in [1.165, 1.54) is 0 Å². The zero-order valence-corrected chi connectivity index (χ0v) is 14.5. The Morgan fingerprint density at radius 1 is 1.41 bits per heavy atom. The number of hydrogen-bond acceptors (Lipinski definition) is 3. The highest BCUT2D eigenvalue weighted by molar-refractivity contribution is 8.00. The number of rotatable bonds is 6. The van der Waals surface area contributed by atoms with Crippen LogP contribution in [0, 0.1) is 0 Å². The van der Waals surface area contributed by atoms with E-state index in [4.69, 9.17) is 11.6 Å². The van der Waals surface area contributed by atoms with Crippen molar-refractivity contribution in [2.75, 3.05) is 25.4 Å². The molecule has 0 spiro atoms. The SMILES string of the molecule is CCC(=O)N(CC)CCN1C(=O)CSC1c1ccccc1Cl. The van der Waals surface area contributed by atoms with Crippen molar-refractivity contribution in [1.29, 1.82) is 0 Å². The zero-order chi connectivity index (χ0) is 16.1. The second kappa shape index (κ2) is 7.88. The molecule has 1 aliphatic heterocycles. The second-order valence-electron chi connectivity index (χ2n) is 5.10. The van der Waals surface area contributed by atoms with Crippen LogP contribution in [0.5, 0.6) is 0 Å². The number of halogens is 1. The summed E-state index contributed by atoms with van der Waals surface area (Å²) in [6.07, 6.45) is 0.491. The second-order valence-corrected chi connectivity index (χ2v) is 6.57. The van der Waals surface area contributed by atoms with Crippen molar-refractivity contribution in [2.45, 2.75) is 25.6 Å². The number of amides is 2. The van der Waals surface area contributed by atoms with E-state index in [-0.39, 0.29) is 17.2 Å². The molecular weight excluding hydrogens is 320 g/mol. The maximum Gasteiger partial charge on any atom is 0.233 e. The fourth-order valence-electron chi connectivity index (χ4n) is 2.54. The topological polar surface area (TPSA) is 40.6 Å². The van der Waals surface area contributed by atoms with Crippen LogP contribution in [-0.2, 0) is 9.59 Å². The Balaban J connectivity index is 2.09. The first kappa shape index (κ1) is 17.2. The normalized spacial score (nSPS) is 17.9. The number of carbonyl (C=O) groups is 2. The molecule has 1 atom stereocenters. The van der Waals surface area contributed by atoms with Crippen LogP contribution in [0.4, 0.5) is 0 Å². The molecule has 1 aromatic rings. The van der Waals surface area contributed by atoms with Crippen molar-refractivity contribution in [3.8, 4) is 0 Å². The van der Waals surface area contributed by atoms with Crippen LogP contribution >= 0.6 is 23.4 Å². The van der Waals surface area contributed by atoms with Crippen molar-refractivity contribution in [2.24, 2.45) is 0 Å². The molecule has 1 unspecified atom stereocenters. The molecule has 0 N–H and O–H groups in total. The van der Waals surface area contributed by atoms with Gasteiger partial charge >= 0.3 is 0 Å². The first-order valence-corrected chi connectivity index (χ1v) is 8.94. The summed E-state index contributed by atoms with van der Waals surface area (Å²) in [6, 6.07) is 7.62. The third-order valence-electron chi connectivity index (χ3n) is 3.79. The maximum absolute atomic E-state index is 12.2. The first-order valence-electron chi connectivity index (χ1n) is 7.51. The van der Waals surface area contributed by atoms with Crippen molar-refractivity contribution < 1.29 is 9.59 Å². The monoisotopic (exact) mass is 340 g/mol. The Labute approximate surface area is 140 Å². The number of benzene rings is 1. The van der Waals surface area contributed by atoms with Crippen LogP contribution in [0.1, 0.15) is 31.2 Å². The van der Waals surface area contributed by atoms with Gasteiger partial charge in [-0.15, -0.1) is 11.8 Å². The Kier molecular flexibility index (Phi) is 6.15. The van der Waals surface area contributed by atoms with Crippen LogP contribution < -0.4 is 0 Å². The lowest BCUT2D eigenvalue weighted by atomic mass is 10.2. The molecule has 120 valence electrons. The summed E-state index contributed by atoms with van der Waals surface area (Å²) >= 11 is 7.85. The van der Waals surface area contributed by atoms with Gasteiger partial charge in [0.05, 0.1) is 5.75 Å². The van der Waals surface area contributed by atoms with Crippen LogP contribution in [-0.4, -0.2) is 47.0 Å². The van der Waals surface area contributed by atoms with E-state index >= 15 is 0 Å². The van der Waals surface area contributed by atoms with Gasteiger partial charge in [-0.3, -0.25) is 9.59 Å². The first-order chi connectivity index (χ1) is 10.6. The van der Waals surface area contributed by atoms with Crippen molar-refractivity contribution in [1.82, 2.24) is 9.80 Å². The lowest BCUT2D eigenvalue weighted by Gasteiger charge is -2.28. The summed E-state index contributed by atoms with van der Waals surface area (Å²) in [6.45, 7) is 5.59. The van der Waals surface area contributed by atoms with E-state index < -0.39 is 0 Å². The van der Waals surface area contributed by atoms with Crippen LogP contribution in [0.2, 0.25) is 5.02 Å². The quantitative estimate of drug-likeness (QED) is 0.798. The number of likely N-dealkylation sites (N-methyl/N-ethyl adjacent to an activating group) is 1. The minimum atomic E-state index is -0.0587. The highest BCUT2D eigenvalue weighted by Gasteiger charge is 2.33. The summed E-state index contributed by atoms with van der Waals surface area (Å²) in [4.78, 5) is 27.6. The number of nitrogens with zero attached hydrogens (tertiary/aromatic N) is 2. The zero-order valence-electron chi connectivity index (χ0n) is 12.9. The maximum atomic E-state index is 12.2. The lowest BCUT2D eigenvalue weighted by molar-refractivity contribution is -0.133. The molecule has 0 radical (unpaired) electrons. The van der Waals surface area contributed by atoms with Crippen LogP contribution in [0.25, 0.3) is 0 Å². The van der Waals surface area contributed by atoms with Gasteiger partial charge in [0, 0.05) is 36.6 Å². The van der Waals surface area contributed by atoms with E-state index in [1.807, 2.05) is 43.0 Å². The van der Waals surface area contributed by atoms with Gasteiger partial charge in [-0.2, -0.15) is 0 Å². The Morgan fingerprint density at radius 2 is 2.14 bits per heavy atom. The van der Waals surface area contributed by atoms with Gasteiger partial charge in [0.15, 0.2) is 0 Å². The molecule has 1 aromatic carbocycles. The average Bonchev–Trinajstić information content (AvgIpc) is 2.89. The minimum Gasteiger partial charge on any atom is -0.341 e. The van der Waals surface area contributed by atoms with Crippen molar-refractivity contribution >= 4 is 35.2 Å². The van der Waals surface area contributed by atoms with Gasteiger partial charge < -0.3 is 9.80 Å². The summed E-state index contributed by atoms with van der Waals surface area (Å²) in [5.74, 6) is 0.690. The molecule has 1 heterocycles. The third-order valence-corrected chi connectivity index (χ3v) is 5.37. The summed E-state index contributed by atoms with van der Waals surface area (Å²) < 4.78 is 0. The molecule has 0 saturated carbocycles. The summed E-state index contributed by atoms with van der Waals surface area (Å²) in [7, 11) is 0. The van der Waals surface area contributed by atoms with E-state index in [0.29, 0.717) is 36.8 Å². The summed E-state index contributed by atoms with van der Waals surface area (Å²) in [5, 5.41) is 0.619. The molecule has 22 heavy (non-hydrogen) atoms. The molecule has 4 nitrogen and oxygen atoms in total. The Morgan fingerprint density at radius 3 is 2.77 bits per heavy atom. The van der Waals surface area contributed by atoms with Gasteiger partial charge in [-0.1, -0.05) is 36.7 Å². The average molecular weight is 341 g/mol. The number of hydrogen-bond donors (Lipinski definition) is 0. The molecule has 1 fully saturated rings. The molecule has 6 heteroatoms. The van der Waals surface area contributed by atoms with Crippen molar-refractivity contribution in [3.05, 3.63) is 34.9 Å². The molecule has 0 aromatic heterocycles. The van der Waals surface area contributed by atoms with Crippen LogP contribution in [0.15, 0.2) is 24.3 Å². The van der Waals surface area contributed by atoms with E-state index in [0.717, 1.165) is 5.56 Å². The van der Waals surface area contributed by atoms with Gasteiger partial charge in [-0.05, 0) is 13.0 Å². The lowest BCUT2D eigenvalue weighted by Crippen LogP contribution is -2.39. The van der Waals surface area contributed by atoms with Crippen molar-refractivity contribution in [3.63, 3.8) is 0 Å². The molecule has 2 amide bonds. The third kappa shape index (κ3) is 3.76. The largest absolute Gasteiger partial charge is 0.341 e. The predicted molar refractivity (Wildman–Crippen MR) is 90.9 cm³/mol. The van der Waals surface area contributed by atoms with E-state index in [1.54, 1.807) is 16.7 Å². The predicted octanol–water partition coefficient (Wildman–Crippen LogP) is 3.17. The molecule has 1 saturated heterocycles. The molecule has 0 aliphatic carbocycles. The number of carbonyl (C=O) groups excluding carboxylic acids is 2. The Bertz CT molecular complexity index is 553. The Hall–Kier alpha value is -1.20. The number of thioether (sulfide) groups is 1. The van der Waals surface area contributed by atoms with Gasteiger partial charge in [-0.25, -0.2) is 0 Å². The smallest absolute Gasteiger partial charge is 0.233 e. The standard InChI is InChI=1S/C16H21ClN2O2S/c1-3-14(20)18(4-2)9-10-19-15(21)11-22-16(19)12-7-5-6-8-13(12)17/h5-8,16H,3-4,9-11H2,1-2H3. The van der Waals surface area contributed by atoms with Gasteiger partial charge in [0.25, 0.3) is 0 Å².